The summed E-state index contributed by atoms with van der Waals surface area (Å²) in [6.45, 7) is 0. The summed E-state index contributed by atoms with van der Waals surface area (Å²) < 4.78 is 7.91. The number of ether oxygens (including phenoxy) is 1. The van der Waals surface area contributed by atoms with E-state index in [0.717, 1.165) is 24.3 Å². The predicted octanol–water partition coefficient (Wildman–Crippen LogP) is 3.93. The van der Waals surface area contributed by atoms with Crippen molar-refractivity contribution in [2.45, 2.75) is 50.7 Å². The van der Waals surface area contributed by atoms with Crippen LogP contribution < -0.4 is 4.74 Å². The van der Waals surface area contributed by atoms with Crippen molar-refractivity contribution in [2.24, 2.45) is 0 Å². The minimum Gasteiger partial charge on any atom is -0.486 e. The molecule has 0 spiro atoms. The Labute approximate surface area is 117 Å². The number of halogens is 1. The highest BCUT2D eigenvalue weighted by atomic mass is 35.5. The van der Waals surface area contributed by atoms with Gasteiger partial charge in [0.15, 0.2) is 10.9 Å². The van der Waals surface area contributed by atoms with E-state index in [2.05, 4.69) is 5.10 Å². The quantitative estimate of drug-likeness (QED) is 0.842. The highest BCUT2D eigenvalue weighted by molar-refractivity contribution is 7.99. The number of thioether (sulfide) groups is 1. The summed E-state index contributed by atoms with van der Waals surface area (Å²) in [6.07, 6.45) is 9.43. The summed E-state index contributed by atoms with van der Waals surface area (Å²) in [4.78, 5) is 0. The van der Waals surface area contributed by atoms with Crippen LogP contribution in [0.25, 0.3) is 0 Å². The van der Waals surface area contributed by atoms with Gasteiger partial charge in [0.25, 0.3) is 0 Å². The third-order valence-electron chi connectivity index (χ3n) is 3.78. The van der Waals surface area contributed by atoms with Gasteiger partial charge in [-0.25, -0.2) is 4.68 Å². The van der Waals surface area contributed by atoms with Gasteiger partial charge in [0.05, 0.1) is 18.3 Å². The molecule has 1 aliphatic carbocycles. The molecule has 1 unspecified atom stereocenters. The van der Waals surface area contributed by atoms with Crippen LogP contribution >= 0.6 is 23.4 Å². The first-order chi connectivity index (χ1) is 8.84. The zero-order chi connectivity index (χ0) is 12.4. The summed E-state index contributed by atoms with van der Waals surface area (Å²) in [6, 6.07) is 0.442. The van der Waals surface area contributed by atoms with Crippen LogP contribution in [0, 0.1) is 0 Å². The van der Waals surface area contributed by atoms with E-state index >= 15 is 0 Å². The highest BCUT2D eigenvalue weighted by Crippen LogP contribution is 2.34. The van der Waals surface area contributed by atoms with Crippen LogP contribution in [0.1, 0.15) is 44.6 Å². The number of aromatic nitrogens is 2. The lowest BCUT2D eigenvalue weighted by atomic mass is 10.2. The maximum Gasteiger partial charge on any atom is 0.176 e. The monoisotopic (exact) mass is 286 g/mol. The minimum absolute atomic E-state index is 0.348. The summed E-state index contributed by atoms with van der Waals surface area (Å²) in [5.74, 6) is 3.16. The van der Waals surface area contributed by atoms with Crippen molar-refractivity contribution in [3.63, 3.8) is 0 Å². The molecule has 0 N–H and O–H groups in total. The molecule has 0 radical (unpaired) electrons. The first-order valence-electron chi connectivity index (χ1n) is 6.82. The van der Waals surface area contributed by atoms with Gasteiger partial charge in [-0.05, 0) is 44.3 Å². The first kappa shape index (κ1) is 12.7. The van der Waals surface area contributed by atoms with E-state index in [4.69, 9.17) is 16.3 Å². The molecule has 1 aromatic heterocycles. The van der Waals surface area contributed by atoms with Crippen LogP contribution in [-0.4, -0.2) is 27.4 Å². The molecule has 18 heavy (non-hydrogen) atoms. The molecule has 2 aliphatic rings. The topological polar surface area (TPSA) is 27.1 Å². The Hall–Kier alpha value is -0.350. The maximum absolute atomic E-state index is 6.40. The van der Waals surface area contributed by atoms with E-state index in [-0.39, 0.29) is 0 Å². The minimum atomic E-state index is 0.348. The molecule has 1 aromatic rings. The SMILES string of the molecule is Clc1c(OC2CCCC2)cnn1C1CCCSC1. The largest absolute Gasteiger partial charge is 0.486 e. The molecule has 1 saturated heterocycles. The van der Waals surface area contributed by atoms with E-state index in [0.29, 0.717) is 17.3 Å². The Morgan fingerprint density at radius 2 is 2.11 bits per heavy atom. The van der Waals surface area contributed by atoms with Crippen LogP contribution in [0.5, 0.6) is 5.75 Å². The van der Waals surface area contributed by atoms with Crippen molar-refractivity contribution < 1.29 is 4.74 Å². The second-order valence-corrected chi connectivity index (χ2v) is 6.65. The summed E-state index contributed by atoms with van der Waals surface area (Å²) in [7, 11) is 0. The molecule has 0 amide bonds. The standard InChI is InChI=1S/C13H19ClN2OS/c14-13-12(17-11-5-1-2-6-11)8-15-16(13)10-4-3-7-18-9-10/h8,10-11H,1-7,9H2. The van der Waals surface area contributed by atoms with Crippen molar-refractivity contribution in [3.8, 4) is 5.75 Å². The summed E-state index contributed by atoms with van der Waals surface area (Å²) in [5.41, 5.74) is 0. The van der Waals surface area contributed by atoms with Gasteiger partial charge in [0.2, 0.25) is 0 Å². The van der Waals surface area contributed by atoms with E-state index in [9.17, 15) is 0 Å². The highest BCUT2D eigenvalue weighted by Gasteiger charge is 2.23. The fourth-order valence-electron chi connectivity index (χ4n) is 2.77. The van der Waals surface area contributed by atoms with Gasteiger partial charge in [-0.2, -0.15) is 16.9 Å². The number of rotatable bonds is 3. The van der Waals surface area contributed by atoms with Crippen molar-refractivity contribution >= 4 is 23.4 Å². The van der Waals surface area contributed by atoms with Crippen molar-refractivity contribution in [3.05, 3.63) is 11.3 Å². The molecule has 2 heterocycles. The zero-order valence-electron chi connectivity index (χ0n) is 10.5. The Morgan fingerprint density at radius 3 is 2.83 bits per heavy atom. The molecule has 100 valence electrons. The fraction of sp³-hybridized carbons (Fsp3) is 0.769. The van der Waals surface area contributed by atoms with Gasteiger partial charge in [-0.1, -0.05) is 11.6 Å². The molecule has 1 saturated carbocycles. The average molecular weight is 287 g/mol. The number of nitrogens with zero attached hydrogens (tertiary/aromatic N) is 2. The van der Waals surface area contributed by atoms with Gasteiger partial charge in [0.1, 0.15) is 0 Å². The van der Waals surface area contributed by atoms with E-state index in [1.807, 2.05) is 16.4 Å². The molecule has 1 aliphatic heterocycles. The number of hydrogen-bond donors (Lipinski definition) is 0. The third kappa shape index (κ3) is 2.64. The van der Waals surface area contributed by atoms with Crippen LogP contribution in [0.15, 0.2) is 6.20 Å². The van der Waals surface area contributed by atoms with Crippen LogP contribution in [-0.2, 0) is 0 Å². The van der Waals surface area contributed by atoms with Crippen LogP contribution in [0.3, 0.4) is 0 Å². The Bertz CT molecular complexity index is 398. The fourth-order valence-corrected chi connectivity index (χ4v) is 4.16. The average Bonchev–Trinajstić information content (AvgIpc) is 3.03. The molecule has 2 fully saturated rings. The van der Waals surface area contributed by atoms with Gasteiger partial charge in [-0.15, -0.1) is 0 Å². The molecule has 3 rings (SSSR count). The second-order valence-electron chi connectivity index (χ2n) is 5.14. The van der Waals surface area contributed by atoms with Crippen LogP contribution in [0.4, 0.5) is 0 Å². The Kier molecular flexibility index (Phi) is 4.04. The van der Waals surface area contributed by atoms with Crippen LogP contribution in [0.2, 0.25) is 5.15 Å². The third-order valence-corrected chi connectivity index (χ3v) is 5.34. The molecule has 5 heteroatoms. The van der Waals surface area contributed by atoms with Gasteiger partial charge in [0, 0.05) is 5.75 Å². The second kappa shape index (κ2) is 5.74. The van der Waals surface area contributed by atoms with Gasteiger partial charge in [-0.3, -0.25) is 0 Å². The molecule has 1 atom stereocenters. The molecule has 0 aromatic carbocycles. The first-order valence-corrected chi connectivity index (χ1v) is 8.35. The van der Waals surface area contributed by atoms with E-state index < -0.39 is 0 Å². The molecule has 3 nitrogen and oxygen atoms in total. The number of hydrogen-bond acceptors (Lipinski definition) is 3. The van der Waals surface area contributed by atoms with E-state index in [1.54, 1.807) is 6.20 Å². The summed E-state index contributed by atoms with van der Waals surface area (Å²) in [5, 5.41) is 5.12. The lowest BCUT2D eigenvalue weighted by Crippen LogP contribution is -2.17. The van der Waals surface area contributed by atoms with E-state index in [1.165, 1.54) is 31.4 Å². The Balaban J connectivity index is 1.70. The van der Waals surface area contributed by atoms with Gasteiger partial charge >= 0.3 is 0 Å². The Morgan fingerprint density at radius 1 is 1.28 bits per heavy atom. The predicted molar refractivity (Wildman–Crippen MR) is 75.7 cm³/mol. The maximum atomic E-state index is 6.40. The molecule has 0 bridgehead atoms. The summed E-state index contributed by atoms with van der Waals surface area (Å²) >= 11 is 8.39. The van der Waals surface area contributed by atoms with Crippen molar-refractivity contribution in [1.29, 1.82) is 0 Å². The van der Waals surface area contributed by atoms with Crippen molar-refractivity contribution in [1.82, 2.24) is 9.78 Å². The molecular formula is C13H19ClN2OS. The van der Waals surface area contributed by atoms with Crippen molar-refractivity contribution in [2.75, 3.05) is 11.5 Å². The zero-order valence-corrected chi connectivity index (χ0v) is 12.1. The lowest BCUT2D eigenvalue weighted by Gasteiger charge is -2.22. The smallest absolute Gasteiger partial charge is 0.176 e. The molecular weight excluding hydrogens is 268 g/mol. The van der Waals surface area contributed by atoms with Gasteiger partial charge < -0.3 is 4.74 Å². The normalized spacial score (nSPS) is 25.5. The lowest BCUT2D eigenvalue weighted by molar-refractivity contribution is 0.209.